The SMILES string of the molecule is COC(=O)C1CC(C)N(C(=O)c2ccco2)c2ccccc21. The van der Waals surface area contributed by atoms with Gasteiger partial charge >= 0.3 is 5.97 Å². The first-order valence-corrected chi connectivity index (χ1v) is 7.17. The lowest BCUT2D eigenvalue weighted by atomic mass is 9.86. The van der Waals surface area contributed by atoms with Gasteiger partial charge in [-0.2, -0.15) is 0 Å². The topological polar surface area (TPSA) is 59.8 Å². The van der Waals surface area contributed by atoms with Crippen LogP contribution in [0, 0.1) is 0 Å². The molecule has 114 valence electrons. The Bertz CT molecular complexity index is 692. The predicted octanol–water partition coefficient (Wildman–Crippen LogP) is 2.98. The lowest BCUT2D eigenvalue weighted by Gasteiger charge is -2.37. The van der Waals surface area contributed by atoms with Crippen LogP contribution >= 0.6 is 0 Å². The Morgan fingerprint density at radius 3 is 2.68 bits per heavy atom. The number of ether oxygens (including phenoxy) is 1. The van der Waals surface area contributed by atoms with Crippen molar-refractivity contribution in [3.63, 3.8) is 0 Å². The maximum absolute atomic E-state index is 12.7. The van der Waals surface area contributed by atoms with Crippen molar-refractivity contribution in [3.8, 4) is 0 Å². The Morgan fingerprint density at radius 1 is 1.23 bits per heavy atom. The van der Waals surface area contributed by atoms with Gasteiger partial charge in [0.05, 0.1) is 19.3 Å². The Labute approximate surface area is 128 Å². The highest BCUT2D eigenvalue weighted by Crippen LogP contribution is 2.39. The molecule has 1 amide bonds. The highest BCUT2D eigenvalue weighted by Gasteiger charge is 2.38. The van der Waals surface area contributed by atoms with Crippen LogP contribution in [0.15, 0.2) is 47.1 Å². The smallest absolute Gasteiger partial charge is 0.313 e. The Balaban J connectivity index is 2.05. The van der Waals surface area contributed by atoms with E-state index >= 15 is 0 Å². The van der Waals surface area contributed by atoms with Gasteiger partial charge in [-0.3, -0.25) is 9.59 Å². The number of benzene rings is 1. The van der Waals surface area contributed by atoms with Crippen molar-refractivity contribution >= 4 is 17.6 Å². The van der Waals surface area contributed by atoms with E-state index in [9.17, 15) is 9.59 Å². The van der Waals surface area contributed by atoms with Gasteiger partial charge in [0.1, 0.15) is 0 Å². The second-order valence-corrected chi connectivity index (χ2v) is 5.37. The molecule has 0 saturated heterocycles. The fraction of sp³-hybridized carbons (Fsp3) is 0.294. The first-order valence-electron chi connectivity index (χ1n) is 7.17. The molecule has 5 nitrogen and oxygen atoms in total. The van der Waals surface area contributed by atoms with Gasteiger partial charge < -0.3 is 14.1 Å². The molecule has 2 unspecified atom stereocenters. The molecule has 0 aliphatic carbocycles. The highest BCUT2D eigenvalue weighted by molar-refractivity contribution is 6.06. The van der Waals surface area contributed by atoms with E-state index in [2.05, 4.69) is 0 Å². The molecule has 5 heteroatoms. The number of fused-ring (bicyclic) bond motifs is 1. The van der Waals surface area contributed by atoms with E-state index in [0.717, 1.165) is 11.3 Å². The highest BCUT2D eigenvalue weighted by atomic mass is 16.5. The number of carbonyl (C=O) groups is 2. The van der Waals surface area contributed by atoms with Crippen LogP contribution in [-0.4, -0.2) is 25.0 Å². The third-order valence-corrected chi connectivity index (χ3v) is 4.03. The van der Waals surface area contributed by atoms with Crippen molar-refractivity contribution in [2.75, 3.05) is 12.0 Å². The molecule has 0 N–H and O–H groups in total. The number of anilines is 1. The number of carbonyl (C=O) groups excluding carboxylic acids is 2. The first kappa shape index (κ1) is 14.4. The van der Waals surface area contributed by atoms with Crippen molar-refractivity contribution < 1.29 is 18.7 Å². The number of rotatable bonds is 2. The summed E-state index contributed by atoms with van der Waals surface area (Å²) in [6.45, 7) is 1.92. The minimum Gasteiger partial charge on any atom is -0.469 e. The number of hydrogen-bond acceptors (Lipinski definition) is 4. The van der Waals surface area contributed by atoms with Gasteiger partial charge in [0.2, 0.25) is 0 Å². The molecule has 1 aromatic heterocycles. The Morgan fingerprint density at radius 2 is 2.00 bits per heavy atom. The van der Waals surface area contributed by atoms with Crippen LogP contribution in [0.25, 0.3) is 0 Å². The second kappa shape index (κ2) is 5.67. The van der Waals surface area contributed by atoms with Crippen molar-refractivity contribution in [1.82, 2.24) is 0 Å². The molecule has 22 heavy (non-hydrogen) atoms. The normalized spacial score (nSPS) is 20.4. The van der Waals surface area contributed by atoms with Crippen molar-refractivity contribution in [2.45, 2.75) is 25.3 Å². The molecule has 0 bridgehead atoms. The fourth-order valence-corrected chi connectivity index (χ4v) is 3.01. The summed E-state index contributed by atoms with van der Waals surface area (Å²) in [5.41, 5.74) is 1.55. The molecular formula is C17H17NO4. The van der Waals surface area contributed by atoms with Gasteiger partial charge in [0.15, 0.2) is 5.76 Å². The van der Waals surface area contributed by atoms with Crippen molar-refractivity contribution in [1.29, 1.82) is 0 Å². The molecule has 1 aliphatic heterocycles. The summed E-state index contributed by atoms with van der Waals surface area (Å²) in [4.78, 5) is 26.4. The quantitative estimate of drug-likeness (QED) is 0.800. The fourth-order valence-electron chi connectivity index (χ4n) is 3.01. The maximum atomic E-state index is 12.7. The van der Waals surface area contributed by atoms with E-state index in [1.54, 1.807) is 17.0 Å². The third kappa shape index (κ3) is 2.28. The summed E-state index contributed by atoms with van der Waals surface area (Å²) in [5, 5.41) is 0. The van der Waals surface area contributed by atoms with Crippen LogP contribution in [0.4, 0.5) is 5.69 Å². The Kier molecular flexibility index (Phi) is 3.71. The van der Waals surface area contributed by atoms with Gasteiger partial charge in [-0.05, 0) is 37.1 Å². The van der Waals surface area contributed by atoms with Crippen molar-refractivity contribution in [2.24, 2.45) is 0 Å². The summed E-state index contributed by atoms with van der Waals surface area (Å²) in [5.74, 6) is -0.535. The zero-order valence-corrected chi connectivity index (χ0v) is 12.5. The second-order valence-electron chi connectivity index (χ2n) is 5.37. The standard InChI is InChI=1S/C17H17NO4/c1-11-10-13(17(20)21-2)12-6-3-4-7-14(12)18(11)16(19)15-8-5-9-22-15/h3-9,11,13H,10H2,1-2H3. The summed E-state index contributed by atoms with van der Waals surface area (Å²) in [6.07, 6.45) is 2.00. The summed E-state index contributed by atoms with van der Waals surface area (Å²) in [6, 6.07) is 10.6. The molecule has 0 saturated carbocycles. The minimum absolute atomic E-state index is 0.128. The zero-order valence-electron chi connectivity index (χ0n) is 12.5. The molecule has 0 radical (unpaired) electrons. The summed E-state index contributed by atoms with van der Waals surface area (Å²) in [7, 11) is 1.38. The van der Waals surface area contributed by atoms with E-state index in [0.29, 0.717) is 6.42 Å². The van der Waals surface area contributed by atoms with Gasteiger partial charge in [0, 0.05) is 11.7 Å². The van der Waals surface area contributed by atoms with E-state index < -0.39 is 0 Å². The average molecular weight is 299 g/mol. The molecule has 1 aromatic carbocycles. The van der Waals surface area contributed by atoms with Gasteiger partial charge in [-0.1, -0.05) is 18.2 Å². The number of amides is 1. The monoisotopic (exact) mass is 299 g/mol. The van der Waals surface area contributed by atoms with E-state index in [4.69, 9.17) is 9.15 Å². The van der Waals surface area contributed by atoms with Gasteiger partial charge in [0.25, 0.3) is 5.91 Å². The molecular weight excluding hydrogens is 282 g/mol. The van der Waals surface area contributed by atoms with Crippen LogP contribution in [-0.2, 0) is 9.53 Å². The number of hydrogen-bond donors (Lipinski definition) is 0. The van der Waals surface area contributed by atoms with Crippen molar-refractivity contribution in [3.05, 3.63) is 54.0 Å². The molecule has 2 heterocycles. The van der Waals surface area contributed by atoms with Gasteiger partial charge in [-0.15, -0.1) is 0 Å². The predicted molar refractivity (Wildman–Crippen MR) is 80.8 cm³/mol. The Hall–Kier alpha value is -2.56. The number of esters is 1. The molecule has 3 rings (SSSR count). The largest absolute Gasteiger partial charge is 0.469 e. The van der Waals surface area contributed by atoms with Crippen LogP contribution in [0.5, 0.6) is 0 Å². The van der Waals surface area contributed by atoms with Crippen LogP contribution in [0.1, 0.15) is 35.4 Å². The number of nitrogens with zero attached hydrogens (tertiary/aromatic N) is 1. The lowest BCUT2D eigenvalue weighted by molar-refractivity contribution is -0.142. The number of para-hydroxylation sites is 1. The molecule has 1 aliphatic rings. The molecule has 2 atom stereocenters. The number of furan rings is 1. The van der Waals surface area contributed by atoms with E-state index in [1.807, 2.05) is 31.2 Å². The summed E-state index contributed by atoms with van der Waals surface area (Å²) < 4.78 is 10.1. The van der Waals surface area contributed by atoms with Gasteiger partial charge in [-0.25, -0.2) is 0 Å². The van der Waals surface area contributed by atoms with E-state index in [1.165, 1.54) is 13.4 Å². The van der Waals surface area contributed by atoms with E-state index in [-0.39, 0.29) is 29.6 Å². The van der Waals surface area contributed by atoms with Crippen LogP contribution in [0.2, 0.25) is 0 Å². The minimum atomic E-state index is -0.350. The maximum Gasteiger partial charge on any atom is 0.313 e. The average Bonchev–Trinajstić information content (AvgIpc) is 3.07. The third-order valence-electron chi connectivity index (χ3n) is 4.03. The number of methoxy groups -OCH3 is 1. The molecule has 0 spiro atoms. The zero-order chi connectivity index (χ0) is 15.7. The molecule has 0 fully saturated rings. The summed E-state index contributed by atoms with van der Waals surface area (Å²) >= 11 is 0. The van der Waals surface area contributed by atoms with Crippen LogP contribution < -0.4 is 4.90 Å². The molecule has 2 aromatic rings. The lowest BCUT2D eigenvalue weighted by Crippen LogP contribution is -2.44. The van der Waals surface area contributed by atoms with Crippen LogP contribution in [0.3, 0.4) is 0 Å². The first-order chi connectivity index (χ1) is 10.6.